The van der Waals surface area contributed by atoms with E-state index in [9.17, 15) is 19.5 Å². The maximum atomic E-state index is 12.7. The zero-order chi connectivity index (χ0) is 19.8. The molecule has 0 bridgehead atoms. The van der Waals surface area contributed by atoms with Crippen molar-refractivity contribution in [1.29, 1.82) is 0 Å². The van der Waals surface area contributed by atoms with E-state index in [1.54, 1.807) is 41.3 Å². The van der Waals surface area contributed by atoms with E-state index in [0.29, 0.717) is 17.7 Å². The lowest BCUT2D eigenvalue weighted by Gasteiger charge is -2.23. The number of carbonyl (C=O) groups is 3. The first-order chi connectivity index (χ1) is 13.0. The number of benzene rings is 2. The number of anilines is 1. The van der Waals surface area contributed by atoms with Gasteiger partial charge < -0.3 is 14.7 Å². The molecule has 6 heteroatoms. The Hall–Kier alpha value is -3.15. The molecule has 0 atom stereocenters. The van der Waals surface area contributed by atoms with E-state index in [2.05, 4.69) is 4.74 Å². The van der Waals surface area contributed by atoms with Crippen LogP contribution in [0.25, 0.3) is 0 Å². The summed E-state index contributed by atoms with van der Waals surface area (Å²) in [5.74, 6) is -1.54. The van der Waals surface area contributed by atoms with Crippen molar-refractivity contribution in [2.24, 2.45) is 0 Å². The number of hydrogen-bond acceptors (Lipinski definition) is 4. The van der Waals surface area contributed by atoms with Gasteiger partial charge in [-0.25, -0.2) is 9.59 Å². The summed E-state index contributed by atoms with van der Waals surface area (Å²) in [5, 5.41) is 9.22. The molecule has 142 valence electrons. The number of nitrogens with zero attached hydrogens (tertiary/aromatic N) is 1. The highest BCUT2D eigenvalue weighted by Gasteiger charge is 2.17. The molecule has 0 aliphatic heterocycles. The molecule has 0 heterocycles. The van der Waals surface area contributed by atoms with Crippen molar-refractivity contribution in [3.63, 3.8) is 0 Å². The number of methoxy groups -OCH3 is 1. The van der Waals surface area contributed by atoms with Crippen LogP contribution in [-0.2, 0) is 16.1 Å². The third kappa shape index (κ3) is 5.41. The van der Waals surface area contributed by atoms with Crippen LogP contribution in [0.5, 0.6) is 0 Å². The normalized spacial score (nSPS) is 10.3. The van der Waals surface area contributed by atoms with Gasteiger partial charge in [-0.05, 0) is 42.3 Å². The molecule has 0 saturated heterocycles. The zero-order valence-corrected chi connectivity index (χ0v) is 15.5. The van der Waals surface area contributed by atoms with E-state index >= 15 is 0 Å². The number of unbranched alkanes of at least 4 members (excludes halogenated alkanes) is 1. The summed E-state index contributed by atoms with van der Waals surface area (Å²) in [6, 6.07) is 13.1. The Labute approximate surface area is 158 Å². The Morgan fingerprint density at radius 1 is 1.04 bits per heavy atom. The zero-order valence-electron chi connectivity index (χ0n) is 15.5. The minimum absolute atomic E-state index is 0.0727. The van der Waals surface area contributed by atoms with E-state index in [1.807, 2.05) is 6.92 Å². The van der Waals surface area contributed by atoms with Crippen LogP contribution in [0, 0.1) is 0 Å². The molecule has 0 aliphatic carbocycles. The monoisotopic (exact) mass is 369 g/mol. The Morgan fingerprint density at radius 2 is 1.74 bits per heavy atom. The van der Waals surface area contributed by atoms with Crippen molar-refractivity contribution in [2.45, 2.75) is 32.7 Å². The predicted molar refractivity (Wildman–Crippen MR) is 102 cm³/mol. The molecule has 0 aliphatic rings. The van der Waals surface area contributed by atoms with E-state index < -0.39 is 11.9 Å². The second kappa shape index (κ2) is 9.52. The fourth-order valence-corrected chi connectivity index (χ4v) is 2.64. The second-order valence-electron chi connectivity index (χ2n) is 6.13. The molecule has 1 N–H and O–H groups in total. The lowest BCUT2D eigenvalue weighted by Crippen LogP contribution is -2.30. The standard InChI is InChI=1S/C21H23NO5/c1-3-4-8-19(23)22(18-7-5-6-17(13-18)20(24)25)14-15-9-11-16(12-10-15)21(26)27-2/h5-7,9-13H,3-4,8,14H2,1-2H3,(H,24,25). The molecule has 0 radical (unpaired) electrons. The maximum absolute atomic E-state index is 12.7. The highest BCUT2D eigenvalue weighted by atomic mass is 16.5. The second-order valence-corrected chi connectivity index (χ2v) is 6.13. The average molecular weight is 369 g/mol. The van der Waals surface area contributed by atoms with Gasteiger partial charge in [0.25, 0.3) is 0 Å². The summed E-state index contributed by atoms with van der Waals surface area (Å²) in [5.41, 5.74) is 1.92. The van der Waals surface area contributed by atoms with Gasteiger partial charge in [-0.1, -0.05) is 31.5 Å². The molecule has 2 rings (SSSR count). The maximum Gasteiger partial charge on any atom is 0.337 e. The lowest BCUT2D eigenvalue weighted by atomic mass is 10.1. The van der Waals surface area contributed by atoms with Crippen LogP contribution in [0.4, 0.5) is 5.69 Å². The Balaban J connectivity index is 2.30. The Kier molecular flexibility index (Phi) is 7.11. The highest BCUT2D eigenvalue weighted by Crippen LogP contribution is 2.21. The fraction of sp³-hybridized carbons (Fsp3) is 0.286. The first-order valence-corrected chi connectivity index (χ1v) is 8.77. The molecule has 2 aromatic carbocycles. The number of rotatable bonds is 8. The van der Waals surface area contributed by atoms with E-state index in [4.69, 9.17) is 0 Å². The quantitative estimate of drug-likeness (QED) is 0.714. The number of carboxylic acid groups (broad SMARTS) is 1. The summed E-state index contributed by atoms with van der Waals surface area (Å²) in [6.45, 7) is 2.29. The van der Waals surface area contributed by atoms with Crippen LogP contribution in [-0.4, -0.2) is 30.1 Å². The minimum Gasteiger partial charge on any atom is -0.478 e. The van der Waals surface area contributed by atoms with Crippen molar-refractivity contribution in [1.82, 2.24) is 0 Å². The SMILES string of the molecule is CCCCC(=O)N(Cc1ccc(C(=O)OC)cc1)c1cccc(C(=O)O)c1. The summed E-state index contributed by atoms with van der Waals surface area (Å²) in [6.07, 6.45) is 2.03. The summed E-state index contributed by atoms with van der Waals surface area (Å²) < 4.78 is 4.69. The average Bonchev–Trinajstić information content (AvgIpc) is 2.70. The summed E-state index contributed by atoms with van der Waals surface area (Å²) in [4.78, 5) is 37.1. The van der Waals surface area contributed by atoms with Crippen molar-refractivity contribution < 1.29 is 24.2 Å². The van der Waals surface area contributed by atoms with Gasteiger partial charge in [0, 0.05) is 12.1 Å². The van der Waals surface area contributed by atoms with E-state index in [-0.39, 0.29) is 18.0 Å². The number of carbonyl (C=O) groups excluding carboxylic acids is 2. The lowest BCUT2D eigenvalue weighted by molar-refractivity contribution is -0.118. The van der Waals surface area contributed by atoms with Gasteiger partial charge in [0.05, 0.1) is 24.8 Å². The number of ether oxygens (including phenoxy) is 1. The first-order valence-electron chi connectivity index (χ1n) is 8.77. The fourth-order valence-electron chi connectivity index (χ4n) is 2.64. The third-order valence-corrected chi connectivity index (χ3v) is 4.17. The summed E-state index contributed by atoms with van der Waals surface area (Å²) in [7, 11) is 1.32. The molecule has 1 amide bonds. The third-order valence-electron chi connectivity index (χ3n) is 4.17. The van der Waals surface area contributed by atoms with Crippen molar-refractivity contribution in [3.8, 4) is 0 Å². The van der Waals surface area contributed by atoms with Gasteiger partial charge in [-0.2, -0.15) is 0 Å². The molecule has 0 saturated carbocycles. The minimum atomic E-state index is -1.04. The predicted octanol–water partition coefficient (Wildman–Crippen LogP) is 3.89. The molecule has 0 aromatic heterocycles. The number of carboxylic acids is 1. The van der Waals surface area contributed by atoms with Crippen LogP contribution in [0.1, 0.15) is 52.5 Å². The molecule has 0 fully saturated rings. The molecular weight excluding hydrogens is 346 g/mol. The Bertz CT molecular complexity index is 814. The summed E-state index contributed by atoms with van der Waals surface area (Å²) >= 11 is 0. The molecule has 6 nitrogen and oxygen atoms in total. The first kappa shape index (κ1) is 20.2. The largest absolute Gasteiger partial charge is 0.478 e. The number of hydrogen-bond donors (Lipinski definition) is 1. The number of esters is 1. The van der Waals surface area contributed by atoms with E-state index in [1.165, 1.54) is 19.2 Å². The number of aromatic carboxylic acids is 1. The van der Waals surface area contributed by atoms with Gasteiger partial charge >= 0.3 is 11.9 Å². The van der Waals surface area contributed by atoms with Crippen LogP contribution in [0.15, 0.2) is 48.5 Å². The Morgan fingerprint density at radius 3 is 2.33 bits per heavy atom. The molecule has 27 heavy (non-hydrogen) atoms. The van der Waals surface area contributed by atoms with Crippen molar-refractivity contribution in [3.05, 3.63) is 65.2 Å². The van der Waals surface area contributed by atoms with E-state index in [0.717, 1.165) is 18.4 Å². The highest BCUT2D eigenvalue weighted by molar-refractivity contribution is 5.95. The molecule has 2 aromatic rings. The molecular formula is C21H23NO5. The van der Waals surface area contributed by atoms with Gasteiger partial charge in [-0.3, -0.25) is 4.79 Å². The smallest absolute Gasteiger partial charge is 0.337 e. The van der Waals surface area contributed by atoms with Gasteiger partial charge in [-0.15, -0.1) is 0 Å². The van der Waals surface area contributed by atoms with Crippen LogP contribution in [0.2, 0.25) is 0 Å². The van der Waals surface area contributed by atoms with Crippen LogP contribution >= 0.6 is 0 Å². The topological polar surface area (TPSA) is 83.9 Å². The van der Waals surface area contributed by atoms with Crippen LogP contribution < -0.4 is 4.90 Å². The van der Waals surface area contributed by atoms with Crippen molar-refractivity contribution in [2.75, 3.05) is 12.0 Å². The molecule has 0 spiro atoms. The van der Waals surface area contributed by atoms with Gasteiger partial charge in [0.2, 0.25) is 5.91 Å². The van der Waals surface area contributed by atoms with Gasteiger partial charge in [0.15, 0.2) is 0 Å². The van der Waals surface area contributed by atoms with Crippen molar-refractivity contribution >= 4 is 23.5 Å². The van der Waals surface area contributed by atoms with Crippen LogP contribution in [0.3, 0.4) is 0 Å². The molecule has 0 unspecified atom stereocenters. The van der Waals surface area contributed by atoms with Gasteiger partial charge in [0.1, 0.15) is 0 Å². The number of amides is 1.